The van der Waals surface area contributed by atoms with Gasteiger partial charge in [0.25, 0.3) is 0 Å². The van der Waals surface area contributed by atoms with Crippen molar-refractivity contribution >= 4 is 22.5 Å². The van der Waals surface area contributed by atoms with Crippen LogP contribution in [0.2, 0.25) is 0 Å². The van der Waals surface area contributed by atoms with Crippen LogP contribution in [0.25, 0.3) is 0 Å². The molecule has 19 heavy (non-hydrogen) atoms. The molecule has 1 unspecified atom stereocenters. The summed E-state index contributed by atoms with van der Waals surface area (Å²) in [5, 5.41) is 9.20. The molecule has 2 N–H and O–H groups in total. The molecule has 2 fully saturated rings. The molecule has 1 atom stereocenters. The summed E-state index contributed by atoms with van der Waals surface area (Å²) in [4.78, 5) is 18.4. The summed E-state index contributed by atoms with van der Waals surface area (Å²) in [6.45, 7) is 1.84. The summed E-state index contributed by atoms with van der Waals surface area (Å²) in [6.07, 6.45) is 7.57. The van der Waals surface area contributed by atoms with Crippen molar-refractivity contribution < 1.29 is 4.79 Å². The van der Waals surface area contributed by atoms with E-state index >= 15 is 0 Å². The second-order valence-electron chi connectivity index (χ2n) is 5.35. The second kappa shape index (κ2) is 5.77. The van der Waals surface area contributed by atoms with E-state index in [2.05, 4.69) is 20.5 Å². The summed E-state index contributed by atoms with van der Waals surface area (Å²) in [5.74, 6) is 0. The van der Waals surface area contributed by atoms with Crippen molar-refractivity contribution in [3.8, 4) is 0 Å². The number of anilines is 1. The number of nitrogens with zero attached hydrogens (tertiary/aromatic N) is 2. The topological polar surface area (TPSA) is 57.3 Å². The van der Waals surface area contributed by atoms with Crippen LogP contribution in [-0.4, -0.2) is 36.2 Å². The van der Waals surface area contributed by atoms with Gasteiger partial charge in [0.2, 0.25) is 0 Å². The van der Waals surface area contributed by atoms with Gasteiger partial charge in [0, 0.05) is 36.8 Å². The number of hydrogen-bond acceptors (Lipinski definition) is 4. The molecule has 0 radical (unpaired) electrons. The Hall–Kier alpha value is -1.30. The highest BCUT2D eigenvalue weighted by Gasteiger charge is 2.26. The predicted molar refractivity (Wildman–Crippen MR) is 76.7 cm³/mol. The lowest BCUT2D eigenvalue weighted by Gasteiger charge is -2.18. The number of thiazole rings is 1. The number of nitrogens with one attached hydrogen (secondary N) is 2. The number of carbonyl (C=O) groups excluding carboxylic acids is 1. The van der Waals surface area contributed by atoms with Crippen molar-refractivity contribution in [2.75, 3.05) is 18.0 Å². The molecule has 2 amide bonds. The van der Waals surface area contributed by atoms with Crippen LogP contribution in [0.3, 0.4) is 0 Å². The summed E-state index contributed by atoms with van der Waals surface area (Å²) < 4.78 is 0. The van der Waals surface area contributed by atoms with Crippen molar-refractivity contribution in [3.63, 3.8) is 0 Å². The average Bonchev–Trinajstić information content (AvgIpc) is 3.09. The van der Waals surface area contributed by atoms with Gasteiger partial charge in [-0.15, -0.1) is 11.3 Å². The van der Waals surface area contributed by atoms with Gasteiger partial charge >= 0.3 is 6.03 Å². The maximum atomic E-state index is 11.9. The van der Waals surface area contributed by atoms with Gasteiger partial charge in [0.1, 0.15) is 0 Å². The second-order valence-corrected chi connectivity index (χ2v) is 6.22. The molecule has 0 spiro atoms. The third-order valence-electron chi connectivity index (χ3n) is 3.90. The van der Waals surface area contributed by atoms with Crippen molar-refractivity contribution in [2.45, 2.75) is 44.2 Å². The SMILES string of the molecule is O=C(NC1CCCC1)NC1CCN(c2nccs2)C1. The van der Waals surface area contributed by atoms with Crippen LogP contribution >= 0.6 is 11.3 Å². The molecule has 2 aliphatic rings. The molecular formula is C13H20N4OS. The van der Waals surface area contributed by atoms with E-state index in [0.29, 0.717) is 6.04 Å². The Morgan fingerprint density at radius 1 is 1.26 bits per heavy atom. The Kier molecular flexibility index (Phi) is 3.87. The van der Waals surface area contributed by atoms with Gasteiger partial charge in [-0.25, -0.2) is 9.78 Å². The molecular weight excluding hydrogens is 260 g/mol. The van der Waals surface area contributed by atoms with Crippen molar-refractivity contribution in [1.82, 2.24) is 15.6 Å². The molecule has 6 heteroatoms. The van der Waals surface area contributed by atoms with Crippen LogP contribution in [0, 0.1) is 0 Å². The first kappa shape index (κ1) is 12.7. The average molecular weight is 280 g/mol. The first-order valence-electron chi connectivity index (χ1n) is 7.03. The van der Waals surface area contributed by atoms with Gasteiger partial charge in [-0.3, -0.25) is 0 Å². The molecule has 1 saturated carbocycles. The zero-order valence-electron chi connectivity index (χ0n) is 11.0. The Morgan fingerprint density at radius 2 is 2.05 bits per heavy atom. The van der Waals surface area contributed by atoms with Gasteiger partial charge in [-0.05, 0) is 19.3 Å². The van der Waals surface area contributed by atoms with E-state index < -0.39 is 0 Å². The van der Waals surface area contributed by atoms with Crippen LogP contribution in [0.15, 0.2) is 11.6 Å². The maximum Gasteiger partial charge on any atom is 0.315 e. The van der Waals surface area contributed by atoms with Crippen LogP contribution in [-0.2, 0) is 0 Å². The highest BCUT2D eigenvalue weighted by molar-refractivity contribution is 7.13. The summed E-state index contributed by atoms with van der Waals surface area (Å²) in [6, 6.07) is 0.625. The fraction of sp³-hybridized carbons (Fsp3) is 0.692. The van der Waals surface area contributed by atoms with Gasteiger partial charge in [-0.1, -0.05) is 12.8 Å². The minimum atomic E-state index is -0.00195. The maximum absolute atomic E-state index is 11.9. The minimum absolute atomic E-state index is 0.00195. The molecule has 3 rings (SSSR count). The zero-order valence-corrected chi connectivity index (χ0v) is 11.8. The van der Waals surface area contributed by atoms with Crippen LogP contribution in [0.4, 0.5) is 9.93 Å². The zero-order chi connectivity index (χ0) is 13.1. The van der Waals surface area contributed by atoms with Crippen molar-refractivity contribution in [2.24, 2.45) is 0 Å². The number of rotatable bonds is 3. The first-order chi connectivity index (χ1) is 9.31. The quantitative estimate of drug-likeness (QED) is 0.890. The lowest BCUT2D eigenvalue weighted by Crippen LogP contribution is -2.46. The largest absolute Gasteiger partial charge is 0.346 e. The number of urea groups is 1. The van der Waals surface area contributed by atoms with E-state index in [-0.39, 0.29) is 12.1 Å². The predicted octanol–water partition coefficient (Wildman–Crippen LogP) is 1.96. The molecule has 104 valence electrons. The van der Waals surface area contributed by atoms with E-state index in [1.54, 1.807) is 11.3 Å². The Bertz CT molecular complexity index is 416. The van der Waals surface area contributed by atoms with Crippen molar-refractivity contribution in [3.05, 3.63) is 11.6 Å². The minimum Gasteiger partial charge on any atom is -0.346 e. The van der Waals surface area contributed by atoms with E-state index in [9.17, 15) is 4.79 Å². The molecule has 1 aromatic heterocycles. The van der Waals surface area contributed by atoms with Crippen LogP contribution in [0.1, 0.15) is 32.1 Å². The van der Waals surface area contributed by atoms with Crippen LogP contribution < -0.4 is 15.5 Å². The molecule has 1 aliphatic carbocycles. The molecule has 0 aromatic carbocycles. The van der Waals surface area contributed by atoms with Gasteiger partial charge in [0.15, 0.2) is 5.13 Å². The van der Waals surface area contributed by atoms with Crippen LogP contribution in [0.5, 0.6) is 0 Å². The first-order valence-corrected chi connectivity index (χ1v) is 7.91. The Labute approximate surface area is 117 Å². The smallest absolute Gasteiger partial charge is 0.315 e. The summed E-state index contributed by atoms with van der Waals surface area (Å²) in [5.41, 5.74) is 0. The third-order valence-corrected chi connectivity index (χ3v) is 4.74. The van der Waals surface area contributed by atoms with Crippen molar-refractivity contribution in [1.29, 1.82) is 0 Å². The lowest BCUT2D eigenvalue weighted by atomic mass is 10.2. The highest BCUT2D eigenvalue weighted by atomic mass is 32.1. The molecule has 1 aromatic rings. The highest BCUT2D eigenvalue weighted by Crippen LogP contribution is 2.22. The Morgan fingerprint density at radius 3 is 2.79 bits per heavy atom. The van der Waals surface area contributed by atoms with E-state index in [0.717, 1.165) is 37.5 Å². The molecule has 1 saturated heterocycles. The van der Waals surface area contributed by atoms with Gasteiger partial charge < -0.3 is 15.5 Å². The van der Waals surface area contributed by atoms with E-state index in [1.165, 1.54) is 12.8 Å². The normalized spacial score (nSPS) is 23.8. The van der Waals surface area contributed by atoms with E-state index in [1.807, 2.05) is 11.6 Å². The molecule has 2 heterocycles. The molecule has 0 bridgehead atoms. The van der Waals surface area contributed by atoms with Gasteiger partial charge in [-0.2, -0.15) is 0 Å². The fourth-order valence-corrected chi connectivity index (χ4v) is 3.59. The molecule has 5 nitrogen and oxygen atoms in total. The number of amides is 2. The number of hydrogen-bond donors (Lipinski definition) is 2. The lowest BCUT2D eigenvalue weighted by molar-refractivity contribution is 0.234. The Balaban J connectivity index is 1.45. The third kappa shape index (κ3) is 3.18. The van der Waals surface area contributed by atoms with Gasteiger partial charge in [0.05, 0.1) is 0 Å². The number of carbonyl (C=O) groups is 1. The van der Waals surface area contributed by atoms with E-state index in [4.69, 9.17) is 0 Å². The summed E-state index contributed by atoms with van der Waals surface area (Å²) in [7, 11) is 0. The molecule has 1 aliphatic heterocycles. The standard InChI is InChI=1S/C13H20N4OS/c18-12(15-10-3-1-2-4-10)16-11-5-7-17(9-11)13-14-6-8-19-13/h6,8,10-11H,1-5,7,9H2,(H2,15,16,18). The summed E-state index contributed by atoms with van der Waals surface area (Å²) >= 11 is 1.65. The number of aromatic nitrogens is 1. The monoisotopic (exact) mass is 280 g/mol. The fourth-order valence-electron chi connectivity index (χ4n) is 2.91.